The quantitative estimate of drug-likeness (QED) is 0.704. The van der Waals surface area contributed by atoms with E-state index in [0.29, 0.717) is 30.4 Å². The second-order valence-corrected chi connectivity index (χ2v) is 7.34. The Morgan fingerprint density at radius 1 is 1.00 bits per heavy atom. The zero-order valence-corrected chi connectivity index (χ0v) is 17.1. The van der Waals surface area contributed by atoms with E-state index >= 15 is 0 Å². The van der Waals surface area contributed by atoms with Crippen molar-refractivity contribution in [2.24, 2.45) is 5.92 Å². The molecule has 0 saturated heterocycles. The van der Waals surface area contributed by atoms with Gasteiger partial charge in [0.15, 0.2) is 11.5 Å². The van der Waals surface area contributed by atoms with Crippen LogP contribution >= 0.6 is 0 Å². The third-order valence-electron chi connectivity index (χ3n) is 5.38. The van der Waals surface area contributed by atoms with E-state index in [9.17, 15) is 4.79 Å². The van der Waals surface area contributed by atoms with Gasteiger partial charge in [0.2, 0.25) is 5.91 Å². The number of rotatable bonds is 9. The smallest absolute Gasteiger partial charge is 0.220 e. The number of aryl methyl sites for hydroxylation is 1. The lowest BCUT2D eigenvalue weighted by molar-refractivity contribution is -0.121. The summed E-state index contributed by atoms with van der Waals surface area (Å²) in [5, 5.41) is 3.05. The number of methoxy groups -OCH3 is 3. The molecule has 5 heteroatoms. The first-order valence-electron chi connectivity index (χ1n) is 9.67. The largest absolute Gasteiger partial charge is 0.496 e. The van der Waals surface area contributed by atoms with Crippen LogP contribution in [0.4, 0.5) is 0 Å². The minimum absolute atomic E-state index is 0.0696. The monoisotopic (exact) mass is 383 g/mol. The fraction of sp³-hybridized carbons (Fsp3) is 0.435. The molecule has 5 nitrogen and oxygen atoms in total. The first-order valence-corrected chi connectivity index (χ1v) is 9.67. The van der Waals surface area contributed by atoms with Crippen LogP contribution in [0.2, 0.25) is 0 Å². The molecule has 1 aliphatic rings. The first-order chi connectivity index (χ1) is 13.5. The third-order valence-corrected chi connectivity index (χ3v) is 5.38. The summed E-state index contributed by atoms with van der Waals surface area (Å²) >= 11 is 0. The number of benzene rings is 2. The minimum atomic E-state index is 0.0696. The Hall–Kier alpha value is -2.69. The Morgan fingerprint density at radius 3 is 2.29 bits per heavy atom. The van der Waals surface area contributed by atoms with Crippen LogP contribution in [0.5, 0.6) is 17.2 Å². The predicted octanol–water partition coefficient (Wildman–Crippen LogP) is 4.22. The summed E-state index contributed by atoms with van der Waals surface area (Å²) in [6.07, 6.45) is 2.89. The van der Waals surface area contributed by atoms with Gasteiger partial charge in [-0.2, -0.15) is 0 Å². The van der Waals surface area contributed by atoms with E-state index < -0.39 is 0 Å². The SMILES string of the molecule is COc1ccc(C(CC(=O)NCc2ccc(OC)c(OC)c2)C2CC2)cc1C. The van der Waals surface area contributed by atoms with E-state index in [2.05, 4.69) is 17.4 Å². The lowest BCUT2D eigenvalue weighted by Gasteiger charge is -2.18. The van der Waals surface area contributed by atoms with Crippen molar-refractivity contribution in [3.63, 3.8) is 0 Å². The summed E-state index contributed by atoms with van der Waals surface area (Å²) in [6.45, 7) is 2.52. The normalized spacial score (nSPS) is 14.3. The summed E-state index contributed by atoms with van der Waals surface area (Å²) in [7, 11) is 4.90. The van der Waals surface area contributed by atoms with E-state index in [0.717, 1.165) is 16.9 Å². The molecule has 0 radical (unpaired) electrons. The summed E-state index contributed by atoms with van der Waals surface area (Å²) < 4.78 is 15.9. The van der Waals surface area contributed by atoms with Crippen molar-refractivity contribution in [3.8, 4) is 17.2 Å². The van der Waals surface area contributed by atoms with Crippen molar-refractivity contribution in [1.82, 2.24) is 5.32 Å². The Balaban J connectivity index is 1.63. The summed E-state index contributed by atoms with van der Waals surface area (Å²) in [5.74, 6) is 3.16. The van der Waals surface area contributed by atoms with Gasteiger partial charge in [0.05, 0.1) is 21.3 Å². The maximum atomic E-state index is 12.6. The molecule has 0 bridgehead atoms. The molecule has 1 aliphatic carbocycles. The molecule has 0 heterocycles. The van der Waals surface area contributed by atoms with Gasteiger partial charge in [0, 0.05) is 13.0 Å². The van der Waals surface area contributed by atoms with Gasteiger partial charge < -0.3 is 19.5 Å². The lowest BCUT2D eigenvalue weighted by Crippen LogP contribution is -2.25. The molecule has 2 aromatic rings. The molecule has 1 N–H and O–H groups in total. The van der Waals surface area contributed by atoms with Crippen molar-refractivity contribution < 1.29 is 19.0 Å². The topological polar surface area (TPSA) is 56.8 Å². The highest BCUT2D eigenvalue weighted by atomic mass is 16.5. The average molecular weight is 383 g/mol. The second-order valence-electron chi connectivity index (χ2n) is 7.34. The highest BCUT2D eigenvalue weighted by Gasteiger charge is 2.33. The van der Waals surface area contributed by atoms with Gasteiger partial charge in [0.25, 0.3) is 0 Å². The van der Waals surface area contributed by atoms with Gasteiger partial charge in [0.1, 0.15) is 5.75 Å². The predicted molar refractivity (Wildman–Crippen MR) is 109 cm³/mol. The van der Waals surface area contributed by atoms with E-state index in [1.807, 2.05) is 31.2 Å². The number of hydrogen-bond acceptors (Lipinski definition) is 4. The summed E-state index contributed by atoms with van der Waals surface area (Å²) in [5.41, 5.74) is 3.31. The van der Waals surface area contributed by atoms with Crippen molar-refractivity contribution in [3.05, 3.63) is 53.1 Å². The standard InChI is InChI=1S/C23H29NO4/c1-15-11-18(8-10-20(15)26-2)19(17-6-7-17)13-23(25)24-14-16-5-9-21(27-3)22(12-16)28-4/h5,8-12,17,19H,6-7,13-14H2,1-4H3,(H,24,25). The maximum Gasteiger partial charge on any atom is 0.220 e. The molecule has 1 atom stereocenters. The van der Waals surface area contributed by atoms with Crippen LogP contribution in [0.3, 0.4) is 0 Å². The Morgan fingerprint density at radius 2 is 1.68 bits per heavy atom. The second kappa shape index (κ2) is 9.00. The molecular formula is C23H29NO4. The molecule has 0 aromatic heterocycles. The highest BCUT2D eigenvalue weighted by Crippen LogP contribution is 2.45. The summed E-state index contributed by atoms with van der Waals surface area (Å²) in [6, 6.07) is 11.9. The third kappa shape index (κ3) is 4.77. The van der Waals surface area contributed by atoms with Gasteiger partial charge >= 0.3 is 0 Å². The van der Waals surface area contributed by atoms with Crippen molar-refractivity contribution in [1.29, 1.82) is 0 Å². The van der Waals surface area contributed by atoms with Gasteiger partial charge in [-0.15, -0.1) is 0 Å². The Labute approximate surface area is 167 Å². The van der Waals surface area contributed by atoms with Crippen LogP contribution in [-0.2, 0) is 11.3 Å². The zero-order chi connectivity index (χ0) is 20.1. The molecule has 0 aliphatic heterocycles. The fourth-order valence-electron chi connectivity index (χ4n) is 3.65. The first kappa shape index (κ1) is 20.1. The van der Waals surface area contributed by atoms with Crippen molar-refractivity contribution in [2.45, 2.75) is 38.6 Å². The van der Waals surface area contributed by atoms with Crippen LogP contribution in [-0.4, -0.2) is 27.2 Å². The maximum absolute atomic E-state index is 12.6. The average Bonchev–Trinajstić information content (AvgIpc) is 3.55. The lowest BCUT2D eigenvalue weighted by atomic mass is 9.89. The van der Waals surface area contributed by atoms with Gasteiger partial charge in [-0.05, 0) is 66.5 Å². The van der Waals surface area contributed by atoms with E-state index in [4.69, 9.17) is 14.2 Å². The van der Waals surface area contributed by atoms with Gasteiger partial charge in [-0.1, -0.05) is 18.2 Å². The number of carbonyl (C=O) groups is 1. The molecule has 2 aromatic carbocycles. The highest BCUT2D eigenvalue weighted by molar-refractivity contribution is 5.77. The van der Waals surface area contributed by atoms with E-state index in [1.54, 1.807) is 21.3 Å². The van der Waals surface area contributed by atoms with Crippen LogP contribution in [0.1, 0.15) is 41.9 Å². The van der Waals surface area contributed by atoms with Crippen LogP contribution in [0.15, 0.2) is 36.4 Å². The molecule has 3 rings (SSSR count). The molecule has 1 unspecified atom stereocenters. The minimum Gasteiger partial charge on any atom is -0.496 e. The van der Waals surface area contributed by atoms with E-state index in [1.165, 1.54) is 18.4 Å². The molecule has 150 valence electrons. The fourth-order valence-corrected chi connectivity index (χ4v) is 3.65. The Bertz CT molecular complexity index is 829. The zero-order valence-electron chi connectivity index (χ0n) is 17.1. The number of ether oxygens (including phenoxy) is 3. The van der Waals surface area contributed by atoms with Gasteiger partial charge in [-0.25, -0.2) is 0 Å². The molecule has 1 saturated carbocycles. The number of hydrogen-bond donors (Lipinski definition) is 1. The molecule has 1 amide bonds. The van der Waals surface area contributed by atoms with Crippen LogP contribution in [0.25, 0.3) is 0 Å². The molecule has 28 heavy (non-hydrogen) atoms. The number of amides is 1. The van der Waals surface area contributed by atoms with Crippen LogP contribution < -0.4 is 19.5 Å². The van der Waals surface area contributed by atoms with Crippen LogP contribution in [0, 0.1) is 12.8 Å². The van der Waals surface area contributed by atoms with E-state index in [-0.39, 0.29) is 11.8 Å². The molecule has 1 fully saturated rings. The van der Waals surface area contributed by atoms with Crippen molar-refractivity contribution in [2.75, 3.05) is 21.3 Å². The Kier molecular flexibility index (Phi) is 6.45. The van der Waals surface area contributed by atoms with Crippen molar-refractivity contribution >= 4 is 5.91 Å². The number of nitrogens with one attached hydrogen (secondary N) is 1. The molecular weight excluding hydrogens is 354 g/mol. The van der Waals surface area contributed by atoms with Gasteiger partial charge in [-0.3, -0.25) is 4.79 Å². The number of carbonyl (C=O) groups excluding carboxylic acids is 1. The molecule has 0 spiro atoms. The summed E-state index contributed by atoms with van der Waals surface area (Å²) in [4.78, 5) is 12.6.